The molecule has 3 unspecified atom stereocenters. The molecule has 1 aliphatic carbocycles. The zero-order chi connectivity index (χ0) is 12.8. The van der Waals surface area contributed by atoms with Crippen LogP contribution in [0.1, 0.15) is 46.0 Å². The third kappa shape index (κ3) is 3.94. The SMILES string of the molecule is CCNC1CCCC1CN(CC)CC1CCCO1. The highest BCUT2D eigenvalue weighted by atomic mass is 16.5. The second-order valence-corrected chi connectivity index (χ2v) is 5.84. The van der Waals surface area contributed by atoms with Gasteiger partial charge in [0.15, 0.2) is 0 Å². The average Bonchev–Trinajstić information content (AvgIpc) is 3.01. The van der Waals surface area contributed by atoms with E-state index in [1.54, 1.807) is 0 Å². The van der Waals surface area contributed by atoms with Gasteiger partial charge in [0.25, 0.3) is 0 Å². The van der Waals surface area contributed by atoms with Crippen molar-refractivity contribution in [2.75, 3.05) is 32.8 Å². The molecule has 0 aromatic carbocycles. The average molecular weight is 254 g/mol. The number of nitrogens with zero attached hydrogens (tertiary/aromatic N) is 1. The lowest BCUT2D eigenvalue weighted by atomic mass is 10.0. The van der Waals surface area contributed by atoms with Crippen molar-refractivity contribution >= 4 is 0 Å². The Morgan fingerprint density at radius 3 is 2.67 bits per heavy atom. The topological polar surface area (TPSA) is 24.5 Å². The maximum Gasteiger partial charge on any atom is 0.0702 e. The van der Waals surface area contributed by atoms with Gasteiger partial charge in [-0.15, -0.1) is 0 Å². The molecule has 1 saturated heterocycles. The van der Waals surface area contributed by atoms with E-state index in [9.17, 15) is 0 Å². The number of likely N-dealkylation sites (N-methyl/N-ethyl adjacent to an activating group) is 1. The van der Waals surface area contributed by atoms with Crippen molar-refractivity contribution in [3.05, 3.63) is 0 Å². The van der Waals surface area contributed by atoms with E-state index in [0.29, 0.717) is 6.10 Å². The minimum atomic E-state index is 0.504. The molecule has 3 atom stereocenters. The fourth-order valence-electron chi connectivity index (χ4n) is 3.53. The molecule has 2 rings (SSSR count). The van der Waals surface area contributed by atoms with E-state index >= 15 is 0 Å². The normalized spacial score (nSPS) is 32.5. The van der Waals surface area contributed by atoms with Crippen LogP contribution in [0.4, 0.5) is 0 Å². The molecule has 3 heteroatoms. The minimum absolute atomic E-state index is 0.504. The second-order valence-electron chi connectivity index (χ2n) is 5.84. The first kappa shape index (κ1) is 14.3. The molecule has 1 heterocycles. The van der Waals surface area contributed by atoms with Gasteiger partial charge in [-0.2, -0.15) is 0 Å². The molecule has 1 saturated carbocycles. The summed E-state index contributed by atoms with van der Waals surface area (Å²) in [6.45, 7) is 10.2. The molecule has 0 radical (unpaired) electrons. The fourth-order valence-corrected chi connectivity index (χ4v) is 3.53. The summed E-state index contributed by atoms with van der Waals surface area (Å²) in [7, 11) is 0. The summed E-state index contributed by atoms with van der Waals surface area (Å²) in [6, 6.07) is 0.758. The lowest BCUT2D eigenvalue weighted by Crippen LogP contribution is -2.41. The quantitative estimate of drug-likeness (QED) is 0.754. The van der Waals surface area contributed by atoms with Gasteiger partial charge in [0.05, 0.1) is 6.10 Å². The largest absolute Gasteiger partial charge is 0.377 e. The van der Waals surface area contributed by atoms with Crippen LogP contribution in [-0.4, -0.2) is 49.8 Å². The molecule has 0 spiro atoms. The van der Waals surface area contributed by atoms with Crippen LogP contribution in [0.5, 0.6) is 0 Å². The van der Waals surface area contributed by atoms with Crippen LogP contribution in [0.25, 0.3) is 0 Å². The third-order valence-electron chi connectivity index (χ3n) is 4.55. The Balaban J connectivity index is 1.77. The molecule has 3 nitrogen and oxygen atoms in total. The molecule has 0 aromatic heterocycles. The molecule has 1 aliphatic heterocycles. The van der Waals surface area contributed by atoms with Gasteiger partial charge in [-0.05, 0) is 44.7 Å². The highest BCUT2D eigenvalue weighted by molar-refractivity contribution is 4.85. The van der Waals surface area contributed by atoms with Crippen molar-refractivity contribution in [2.24, 2.45) is 5.92 Å². The highest BCUT2D eigenvalue weighted by Crippen LogP contribution is 2.27. The number of nitrogens with one attached hydrogen (secondary N) is 1. The van der Waals surface area contributed by atoms with Crippen LogP contribution < -0.4 is 5.32 Å². The van der Waals surface area contributed by atoms with E-state index in [0.717, 1.165) is 38.2 Å². The number of rotatable bonds is 7. The summed E-state index contributed by atoms with van der Waals surface area (Å²) in [5.41, 5.74) is 0. The molecule has 0 aromatic rings. The number of ether oxygens (including phenoxy) is 1. The summed E-state index contributed by atoms with van der Waals surface area (Å²) in [6.07, 6.45) is 7.20. The molecular weight excluding hydrogens is 224 g/mol. The smallest absolute Gasteiger partial charge is 0.0702 e. The zero-order valence-corrected chi connectivity index (χ0v) is 12.2. The van der Waals surface area contributed by atoms with E-state index in [1.165, 1.54) is 38.6 Å². The van der Waals surface area contributed by atoms with E-state index in [-0.39, 0.29) is 0 Å². The van der Waals surface area contributed by atoms with Crippen LogP contribution >= 0.6 is 0 Å². The van der Waals surface area contributed by atoms with Gasteiger partial charge in [0.2, 0.25) is 0 Å². The van der Waals surface area contributed by atoms with Gasteiger partial charge >= 0.3 is 0 Å². The van der Waals surface area contributed by atoms with Gasteiger partial charge < -0.3 is 15.0 Å². The van der Waals surface area contributed by atoms with Crippen molar-refractivity contribution in [3.8, 4) is 0 Å². The summed E-state index contributed by atoms with van der Waals surface area (Å²) < 4.78 is 5.77. The van der Waals surface area contributed by atoms with E-state index in [4.69, 9.17) is 4.74 Å². The molecule has 0 bridgehead atoms. The van der Waals surface area contributed by atoms with E-state index < -0.39 is 0 Å². The summed E-state index contributed by atoms with van der Waals surface area (Å²) >= 11 is 0. The van der Waals surface area contributed by atoms with Crippen molar-refractivity contribution in [3.63, 3.8) is 0 Å². The summed E-state index contributed by atoms with van der Waals surface area (Å²) in [5, 5.41) is 3.66. The molecule has 2 fully saturated rings. The molecule has 18 heavy (non-hydrogen) atoms. The van der Waals surface area contributed by atoms with Gasteiger partial charge in [0, 0.05) is 25.7 Å². The summed E-state index contributed by atoms with van der Waals surface area (Å²) in [4.78, 5) is 2.61. The molecule has 0 amide bonds. The maximum absolute atomic E-state index is 5.77. The van der Waals surface area contributed by atoms with E-state index in [2.05, 4.69) is 24.1 Å². The first-order chi connectivity index (χ1) is 8.83. The Morgan fingerprint density at radius 1 is 1.11 bits per heavy atom. The summed E-state index contributed by atoms with van der Waals surface area (Å²) in [5.74, 6) is 0.853. The lowest BCUT2D eigenvalue weighted by molar-refractivity contribution is 0.0681. The Labute approximate surface area is 112 Å². The van der Waals surface area contributed by atoms with Crippen molar-refractivity contribution in [1.29, 1.82) is 0 Å². The lowest BCUT2D eigenvalue weighted by Gasteiger charge is -2.29. The van der Waals surface area contributed by atoms with E-state index in [1.807, 2.05) is 0 Å². The van der Waals surface area contributed by atoms with Crippen LogP contribution in [0.15, 0.2) is 0 Å². The predicted octanol–water partition coefficient (Wildman–Crippen LogP) is 2.27. The standard InChI is InChI=1S/C15H30N2O/c1-3-16-15-9-5-7-13(15)11-17(4-2)12-14-8-6-10-18-14/h13-16H,3-12H2,1-2H3. The predicted molar refractivity (Wildman–Crippen MR) is 75.9 cm³/mol. The Morgan fingerprint density at radius 2 is 2.00 bits per heavy atom. The minimum Gasteiger partial charge on any atom is -0.377 e. The molecule has 1 N–H and O–H groups in total. The van der Waals surface area contributed by atoms with Crippen molar-refractivity contribution in [1.82, 2.24) is 10.2 Å². The van der Waals surface area contributed by atoms with Gasteiger partial charge in [-0.1, -0.05) is 20.3 Å². The van der Waals surface area contributed by atoms with Gasteiger partial charge in [0.1, 0.15) is 0 Å². The van der Waals surface area contributed by atoms with Crippen molar-refractivity contribution in [2.45, 2.75) is 58.1 Å². The molecule has 2 aliphatic rings. The Bertz CT molecular complexity index is 229. The first-order valence-electron chi connectivity index (χ1n) is 7.90. The van der Waals surface area contributed by atoms with Crippen LogP contribution in [0.3, 0.4) is 0 Å². The number of hydrogen-bond donors (Lipinski definition) is 1. The van der Waals surface area contributed by atoms with Gasteiger partial charge in [-0.25, -0.2) is 0 Å². The number of hydrogen-bond acceptors (Lipinski definition) is 3. The third-order valence-corrected chi connectivity index (χ3v) is 4.55. The Kier molecular flexibility index (Phi) is 5.93. The second kappa shape index (κ2) is 7.46. The van der Waals surface area contributed by atoms with Crippen LogP contribution in [-0.2, 0) is 4.74 Å². The maximum atomic E-state index is 5.77. The van der Waals surface area contributed by atoms with Crippen LogP contribution in [0, 0.1) is 5.92 Å². The molecular formula is C15H30N2O. The fraction of sp³-hybridized carbons (Fsp3) is 1.00. The Hall–Kier alpha value is -0.120. The van der Waals surface area contributed by atoms with Crippen molar-refractivity contribution < 1.29 is 4.74 Å². The van der Waals surface area contributed by atoms with Gasteiger partial charge in [-0.3, -0.25) is 0 Å². The monoisotopic (exact) mass is 254 g/mol. The first-order valence-corrected chi connectivity index (χ1v) is 7.90. The zero-order valence-electron chi connectivity index (χ0n) is 12.2. The highest BCUT2D eigenvalue weighted by Gasteiger charge is 2.28. The van der Waals surface area contributed by atoms with Crippen LogP contribution in [0.2, 0.25) is 0 Å². The molecule has 106 valence electrons.